The van der Waals surface area contributed by atoms with Crippen LogP contribution in [0.2, 0.25) is 0 Å². The molecule has 1 aromatic rings. The summed E-state index contributed by atoms with van der Waals surface area (Å²) in [6.45, 7) is 2.15. The molecule has 0 fully saturated rings. The Morgan fingerprint density at radius 3 is 3.17 bits per heavy atom. The minimum absolute atomic E-state index is 0.295. The third-order valence-corrected chi connectivity index (χ3v) is 3.41. The molecule has 0 aliphatic carbocycles. The molecule has 0 amide bonds. The van der Waals surface area contributed by atoms with Crippen molar-refractivity contribution < 1.29 is 0 Å². The van der Waals surface area contributed by atoms with Crippen molar-refractivity contribution in [2.75, 3.05) is 5.75 Å². The Bertz CT molecular complexity index is 200. The van der Waals surface area contributed by atoms with Crippen molar-refractivity contribution >= 4 is 23.3 Å². The zero-order valence-corrected chi connectivity index (χ0v) is 8.70. The normalized spacial score (nSPS) is 13.2. The summed E-state index contributed by atoms with van der Waals surface area (Å²) in [5, 5.41) is 0. The van der Waals surface area contributed by atoms with Gasteiger partial charge < -0.3 is 5.73 Å². The second kappa shape index (κ2) is 5.50. The molecule has 1 unspecified atom stereocenters. The lowest BCUT2D eigenvalue weighted by Crippen LogP contribution is -2.22. The molecule has 0 saturated heterocycles. The fourth-order valence-electron chi connectivity index (χ4n) is 0.859. The first-order valence-electron chi connectivity index (χ1n) is 3.98. The van der Waals surface area contributed by atoms with Gasteiger partial charge in [-0.05, 0) is 18.0 Å². The highest BCUT2D eigenvalue weighted by atomic mass is 32.2. The van der Waals surface area contributed by atoms with E-state index in [0.717, 1.165) is 22.9 Å². The molecule has 1 atom stereocenters. The van der Waals surface area contributed by atoms with Gasteiger partial charge in [-0.15, -0.1) is 0 Å². The largest absolute Gasteiger partial charge is 0.327 e. The molecule has 1 heterocycles. The molecule has 0 aliphatic rings. The van der Waals surface area contributed by atoms with Gasteiger partial charge in [-0.1, -0.05) is 25.1 Å². The third kappa shape index (κ3) is 3.51. The summed E-state index contributed by atoms with van der Waals surface area (Å²) >= 11 is 3.12. The molecule has 68 valence electrons. The number of hydrogen-bond donors (Lipinski definition) is 1. The van der Waals surface area contributed by atoms with Crippen molar-refractivity contribution in [3.05, 3.63) is 6.33 Å². The van der Waals surface area contributed by atoms with Gasteiger partial charge in [0, 0.05) is 11.8 Å². The lowest BCUT2D eigenvalue weighted by molar-refractivity contribution is 0.660. The second-order valence-electron chi connectivity index (χ2n) is 2.57. The Morgan fingerprint density at radius 1 is 1.75 bits per heavy atom. The van der Waals surface area contributed by atoms with Crippen molar-refractivity contribution in [3.8, 4) is 0 Å². The van der Waals surface area contributed by atoms with Crippen molar-refractivity contribution in [1.82, 2.24) is 9.36 Å². The molecule has 1 rings (SSSR count). The third-order valence-electron chi connectivity index (χ3n) is 1.42. The molecule has 12 heavy (non-hydrogen) atoms. The van der Waals surface area contributed by atoms with Crippen molar-refractivity contribution in [2.24, 2.45) is 5.73 Å². The predicted octanol–water partition coefficient (Wildman–Crippen LogP) is 1.76. The van der Waals surface area contributed by atoms with E-state index in [4.69, 9.17) is 5.73 Å². The summed E-state index contributed by atoms with van der Waals surface area (Å²) in [7, 11) is 0. The van der Waals surface area contributed by atoms with E-state index in [0.29, 0.717) is 6.04 Å². The summed E-state index contributed by atoms with van der Waals surface area (Å²) in [5.74, 6) is 0.947. The maximum absolute atomic E-state index is 5.84. The van der Waals surface area contributed by atoms with E-state index in [1.807, 2.05) is 0 Å². The molecule has 2 N–H and O–H groups in total. The SMILES string of the molecule is CCCC(N)CSc1ncns1. The molecule has 0 saturated carbocycles. The minimum Gasteiger partial charge on any atom is -0.327 e. The Hall–Kier alpha value is -0.130. The quantitative estimate of drug-likeness (QED) is 0.741. The lowest BCUT2D eigenvalue weighted by atomic mass is 10.2. The average Bonchev–Trinajstić information content (AvgIpc) is 2.53. The van der Waals surface area contributed by atoms with Crippen LogP contribution < -0.4 is 5.73 Å². The molecule has 0 aliphatic heterocycles. The molecule has 1 aromatic heterocycles. The fourth-order valence-corrected chi connectivity index (χ4v) is 2.33. The zero-order chi connectivity index (χ0) is 8.81. The molecular formula is C7H13N3S2. The summed E-state index contributed by atoms with van der Waals surface area (Å²) in [6, 6.07) is 0.295. The van der Waals surface area contributed by atoms with Gasteiger partial charge in [0.25, 0.3) is 0 Å². The molecule has 0 radical (unpaired) electrons. The molecule has 0 spiro atoms. The van der Waals surface area contributed by atoms with E-state index < -0.39 is 0 Å². The number of nitrogens with two attached hydrogens (primary N) is 1. The predicted molar refractivity (Wildman–Crippen MR) is 53.5 cm³/mol. The molecular weight excluding hydrogens is 190 g/mol. The standard InChI is InChI=1S/C7H13N3S2/c1-2-3-6(8)4-11-7-9-5-10-12-7/h5-6H,2-4,8H2,1H3. The van der Waals surface area contributed by atoms with Crippen molar-refractivity contribution in [1.29, 1.82) is 0 Å². The van der Waals surface area contributed by atoms with Crippen LogP contribution in [0.3, 0.4) is 0 Å². The van der Waals surface area contributed by atoms with Crippen LogP contribution in [0.5, 0.6) is 0 Å². The van der Waals surface area contributed by atoms with Crippen LogP contribution >= 0.6 is 23.3 Å². The lowest BCUT2D eigenvalue weighted by Gasteiger charge is -2.06. The maximum atomic E-state index is 5.84. The number of thioether (sulfide) groups is 1. The van der Waals surface area contributed by atoms with Crippen molar-refractivity contribution in [3.63, 3.8) is 0 Å². The summed E-state index contributed by atoms with van der Waals surface area (Å²) < 4.78 is 4.93. The van der Waals surface area contributed by atoms with E-state index in [1.165, 1.54) is 11.5 Å². The van der Waals surface area contributed by atoms with Crippen LogP contribution in [-0.2, 0) is 0 Å². The first-order chi connectivity index (χ1) is 5.83. The van der Waals surface area contributed by atoms with Crippen LogP contribution in [-0.4, -0.2) is 21.2 Å². The Labute approximate surface area is 80.9 Å². The zero-order valence-electron chi connectivity index (χ0n) is 7.06. The van der Waals surface area contributed by atoms with Gasteiger partial charge in [-0.3, -0.25) is 0 Å². The van der Waals surface area contributed by atoms with Gasteiger partial charge in [0.2, 0.25) is 0 Å². The first kappa shape index (κ1) is 9.95. The van der Waals surface area contributed by atoms with E-state index in [2.05, 4.69) is 16.3 Å². The van der Waals surface area contributed by atoms with E-state index >= 15 is 0 Å². The molecule has 0 bridgehead atoms. The Kier molecular flexibility index (Phi) is 4.57. The maximum Gasteiger partial charge on any atom is 0.169 e. The summed E-state index contributed by atoms with van der Waals surface area (Å²) in [5.41, 5.74) is 5.84. The monoisotopic (exact) mass is 203 g/mol. The average molecular weight is 203 g/mol. The second-order valence-corrected chi connectivity index (χ2v) is 4.61. The first-order valence-corrected chi connectivity index (χ1v) is 5.74. The highest BCUT2D eigenvalue weighted by Crippen LogP contribution is 2.19. The van der Waals surface area contributed by atoms with Crippen LogP contribution in [0.1, 0.15) is 19.8 Å². The topological polar surface area (TPSA) is 51.8 Å². The highest BCUT2D eigenvalue weighted by Gasteiger charge is 2.03. The van der Waals surface area contributed by atoms with Crippen LogP contribution in [0.4, 0.5) is 0 Å². The van der Waals surface area contributed by atoms with Gasteiger partial charge in [0.05, 0.1) is 0 Å². The van der Waals surface area contributed by atoms with E-state index in [9.17, 15) is 0 Å². The molecule has 3 nitrogen and oxygen atoms in total. The van der Waals surface area contributed by atoms with Gasteiger partial charge in [-0.2, -0.15) is 4.37 Å². The van der Waals surface area contributed by atoms with E-state index in [1.54, 1.807) is 18.1 Å². The van der Waals surface area contributed by atoms with E-state index in [-0.39, 0.29) is 0 Å². The van der Waals surface area contributed by atoms with Gasteiger partial charge in [0.15, 0.2) is 4.34 Å². The van der Waals surface area contributed by atoms with Gasteiger partial charge >= 0.3 is 0 Å². The highest BCUT2D eigenvalue weighted by molar-refractivity contribution is 8.00. The molecule has 5 heteroatoms. The number of aromatic nitrogens is 2. The Morgan fingerprint density at radius 2 is 2.58 bits per heavy atom. The van der Waals surface area contributed by atoms with Crippen LogP contribution in [0.15, 0.2) is 10.7 Å². The summed E-state index contributed by atoms with van der Waals surface area (Å²) in [4.78, 5) is 4.06. The smallest absolute Gasteiger partial charge is 0.169 e. The van der Waals surface area contributed by atoms with Crippen LogP contribution in [0.25, 0.3) is 0 Å². The summed E-state index contributed by atoms with van der Waals surface area (Å²) in [6.07, 6.45) is 3.82. The van der Waals surface area contributed by atoms with Crippen LogP contribution in [0, 0.1) is 0 Å². The number of hydrogen-bond acceptors (Lipinski definition) is 5. The minimum atomic E-state index is 0.295. The Balaban J connectivity index is 2.17. The number of rotatable bonds is 5. The fraction of sp³-hybridized carbons (Fsp3) is 0.714. The van der Waals surface area contributed by atoms with Gasteiger partial charge in [0.1, 0.15) is 6.33 Å². The number of nitrogens with zero attached hydrogens (tertiary/aromatic N) is 2. The van der Waals surface area contributed by atoms with Gasteiger partial charge in [-0.25, -0.2) is 4.98 Å². The molecule has 0 aromatic carbocycles. The van der Waals surface area contributed by atoms with Crippen molar-refractivity contribution in [2.45, 2.75) is 30.1 Å².